The second-order valence-electron chi connectivity index (χ2n) is 3.14. The van der Waals surface area contributed by atoms with Gasteiger partial charge >= 0.3 is 5.97 Å². The lowest BCUT2D eigenvalue weighted by atomic mass is 10.3. The summed E-state index contributed by atoms with van der Waals surface area (Å²) in [7, 11) is 0. The summed E-state index contributed by atoms with van der Waals surface area (Å²) in [6.45, 7) is 9.34. The molecule has 0 aliphatic rings. The molecule has 0 amide bonds. The van der Waals surface area contributed by atoms with E-state index in [0.717, 1.165) is 0 Å². The molecule has 0 spiro atoms. The van der Waals surface area contributed by atoms with Crippen molar-refractivity contribution < 1.29 is 9.53 Å². The molecule has 0 aromatic carbocycles. The summed E-state index contributed by atoms with van der Waals surface area (Å²) in [5.41, 5.74) is 6.67. The first-order chi connectivity index (χ1) is 8.15. The average molecular weight is 233 g/mol. The van der Waals surface area contributed by atoms with Gasteiger partial charge in [0.15, 0.2) is 0 Å². The molecule has 5 nitrogen and oxygen atoms in total. The molecule has 5 heteroatoms. The van der Waals surface area contributed by atoms with Crippen LogP contribution in [0.2, 0.25) is 0 Å². The molecule has 0 aliphatic carbocycles. The first-order valence-corrected chi connectivity index (χ1v) is 5.13. The molecule has 1 heterocycles. The Bertz CT molecular complexity index is 415. The number of nitrogens with zero attached hydrogens (tertiary/aromatic N) is 1. The highest BCUT2D eigenvalue weighted by Gasteiger charge is 2.07. The van der Waals surface area contributed by atoms with Gasteiger partial charge in [-0.25, -0.2) is 4.79 Å². The minimum atomic E-state index is -0.506. The van der Waals surface area contributed by atoms with Crippen molar-refractivity contribution in [2.24, 2.45) is 0 Å². The third-order valence-corrected chi connectivity index (χ3v) is 1.86. The van der Waals surface area contributed by atoms with Gasteiger partial charge in [-0.2, -0.15) is 0 Å². The predicted octanol–water partition coefficient (Wildman–Crippen LogP) is 1.22. The van der Waals surface area contributed by atoms with Crippen LogP contribution in [0.5, 0.6) is 0 Å². The SMILES string of the molecule is C=C(NNC(=C)c1ccccn1)C(=O)OCC. The molecule has 1 aromatic rings. The Balaban J connectivity index is 2.44. The standard InChI is InChI=1S/C12H15N3O2/c1-4-17-12(16)10(3)15-14-9(2)11-7-5-6-8-13-11/h5-8,14-15H,2-4H2,1H3. The molecule has 0 radical (unpaired) electrons. The van der Waals surface area contributed by atoms with Gasteiger partial charge in [-0.3, -0.25) is 15.8 Å². The third-order valence-electron chi connectivity index (χ3n) is 1.86. The fourth-order valence-corrected chi connectivity index (χ4v) is 1.03. The summed E-state index contributed by atoms with van der Waals surface area (Å²) in [6.07, 6.45) is 1.66. The summed E-state index contributed by atoms with van der Waals surface area (Å²) in [5.74, 6) is -0.506. The van der Waals surface area contributed by atoms with Gasteiger partial charge < -0.3 is 4.74 Å². The Morgan fingerprint density at radius 2 is 2.18 bits per heavy atom. The molecule has 0 aliphatic heterocycles. The molecule has 17 heavy (non-hydrogen) atoms. The number of hydrogen-bond acceptors (Lipinski definition) is 5. The number of aromatic nitrogens is 1. The van der Waals surface area contributed by atoms with Gasteiger partial charge in [0.2, 0.25) is 0 Å². The molecule has 1 rings (SSSR count). The van der Waals surface area contributed by atoms with Gasteiger partial charge in [-0.15, -0.1) is 0 Å². The largest absolute Gasteiger partial charge is 0.461 e. The predicted molar refractivity (Wildman–Crippen MR) is 65.3 cm³/mol. The Labute approximate surface area is 100 Å². The molecule has 0 saturated heterocycles. The Morgan fingerprint density at radius 3 is 2.76 bits per heavy atom. The maximum Gasteiger partial charge on any atom is 0.355 e. The highest BCUT2D eigenvalue weighted by Crippen LogP contribution is 2.03. The van der Waals surface area contributed by atoms with E-state index in [4.69, 9.17) is 4.74 Å². The van der Waals surface area contributed by atoms with Crippen LogP contribution in [-0.4, -0.2) is 17.6 Å². The quantitative estimate of drug-likeness (QED) is 0.439. The smallest absolute Gasteiger partial charge is 0.355 e. The highest BCUT2D eigenvalue weighted by atomic mass is 16.5. The van der Waals surface area contributed by atoms with Crippen LogP contribution in [0.4, 0.5) is 0 Å². The maximum atomic E-state index is 11.2. The topological polar surface area (TPSA) is 63.2 Å². The molecule has 1 aromatic heterocycles. The Hall–Kier alpha value is -2.30. The van der Waals surface area contributed by atoms with E-state index in [0.29, 0.717) is 18.0 Å². The normalized spacial score (nSPS) is 9.24. The molecule has 90 valence electrons. The van der Waals surface area contributed by atoms with Gasteiger partial charge in [0.25, 0.3) is 0 Å². The molecule has 0 saturated carbocycles. The van der Waals surface area contributed by atoms with Crippen molar-refractivity contribution >= 4 is 11.7 Å². The summed E-state index contributed by atoms with van der Waals surface area (Å²) in [4.78, 5) is 15.3. The van der Waals surface area contributed by atoms with Crippen molar-refractivity contribution in [3.63, 3.8) is 0 Å². The fourth-order valence-electron chi connectivity index (χ4n) is 1.03. The van der Waals surface area contributed by atoms with Crippen molar-refractivity contribution in [3.8, 4) is 0 Å². The monoisotopic (exact) mass is 233 g/mol. The van der Waals surface area contributed by atoms with Gasteiger partial charge in [-0.1, -0.05) is 19.2 Å². The summed E-state index contributed by atoms with van der Waals surface area (Å²) in [5, 5.41) is 0. The van der Waals surface area contributed by atoms with E-state index in [1.54, 1.807) is 19.2 Å². The number of hydrogen-bond donors (Lipinski definition) is 2. The number of pyridine rings is 1. The lowest BCUT2D eigenvalue weighted by Crippen LogP contribution is -2.33. The van der Waals surface area contributed by atoms with Crippen molar-refractivity contribution in [1.29, 1.82) is 0 Å². The van der Waals surface area contributed by atoms with Crippen molar-refractivity contribution in [3.05, 3.63) is 48.9 Å². The van der Waals surface area contributed by atoms with Crippen molar-refractivity contribution in [2.45, 2.75) is 6.92 Å². The van der Waals surface area contributed by atoms with Crippen LogP contribution in [-0.2, 0) is 9.53 Å². The minimum Gasteiger partial charge on any atom is -0.461 e. The van der Waals surface area contributed by atoms with E-state index >= 15 is 0 Å². The molecule has 2 N–H and O–H groups in total. The first kappa shape index (κ1) is 12.8. The second-order valence-corrected chi connectivity index (χ2v) is 3.14. The average Bonchev–Trinajstić information content (AvgIpc) is 2.36. The second kappa shape index (κ2) is 6.32. The number of esters is 1. The number of ether oxygens (including phenoxy) is 1. The Morgan fingerprint density at radius 1 is 1.41 bits per heavy atom. The van der Waals surface area contributed by atoms with E-state index in [1.165, 1.54) is 0 Å². The van der Waals surface area contributed by atoms with Crippen LogP contribution in [0.1, 0.15) is 12.6 Å². The number of carbonyl (C=O) groups excluding carboxylic acids is 1. The lowest BCUT2D eigenvalue weighted by molar-refractivity contribution is -0.139. The summed E-state index contributed by atoms with van der Waals surface area (Å²) in [6, 6.07) is 5.45. The summed E-state index contributed by atoms with van der Waals surface area (Å²) < 4.78 is 4.76. The number of hydrazine groups is 1. The van der Waals surface area contributed by atoms with E-state index in [-0.39, 0.29) is 5.70 Å². The summed E-state index contributed by atoms with van der Waals surface area (Å²) >= 11 is 0. The zero-order valence-corrected chi connectivity index (χ0v) is 9.69. The number of rotatable bonds is 6. The molecular weight excluding hydrogens is 218 g/mol. The fraction of sp³-hybridized carbons (Fsp3) is 0.167. The van der Waals surface area contributed by atoms with Gasteiger partial charge in [0.05, 0.1) is 18.0 Å². The van der Waals surface area contributed by atoms with Crippen LogP contribution in [0.15, 0.2) is 43.3 Å². The van der Waals surface area contributed by atoms with Crippen LogP contribution < -0.4 is 10.9 Å². The molecular formula is C12H15N3O2. The Kier molecular flexibility index (Phi) is 4.75. The molecule has 0 atom stereocenters. The van der Waals surface area contributed by atoms with E-state index in [2.05, 4.69) is 29.0 Å². The zero-order valence-electron chi connectivity index (χ0n) is 9.69. The zero-order chi connectivity index (χ0) is 12.7. The molecule has 0 unspecified atom stereocenters. The van der Waals surface area contributed by atoms with Gasteiger partial charge in [0, 0.05) is 6.20 Å². The van der Waals surface area contributed by atoms with Crippen LogP contribution in [0, 0.1) is 0 Å². The molecule has 0 fully saturated rings. The highest BCUT2D eigenvalue weighted by molar-refractivity contribution is 5.87. The number of nitrogens with one attached hydrogen (secondary N) is 2. The first-order valence-electron chi connectivity index (χ1n) is 5.13. The minimum absolute atomic E-state index is 0.115. The van der Waals surface area contributed by atoms with E-state index in [9.17, 15) is 4.79 Å². The van der Waals surface area contributed by atoms with Crippen LogP contribution >= 0.6 is 0 Å². The lowest BCUT2D eigenvalue weighted by Gasteiger charge is -2.12. The third kappa shape index (κ3) is 3.98. The van der Waals surface area contributed by atoms with Crippen molar-refractivity contribution in [2.75, 3.05) is 6.61 Å². The van der Waals surface area contributed by atoms with Crippen LogP contribution in [0.3, 0.4) is 0 Å². The molecule has 0 bridgehead atoms. The van der Waals surface area contributed by atoms with Crippen LogP contribution in [0.25, 0.3) is 5.70 Å². The van der Waals surface area contributed by atoms with E-state index in [1.807, 2.05) is 12.1 Å². The number of carbonyl (C=O) groups is 1. The van der Waals surface area contributed by atoms with E-state index < -0.39 is 5.97 Å². The maximum absolute atomic E-state index is 11.2. The van der Waals surface area contributed by atoms with Crippen molar-refractivity contribution in [1.82, 2.24) is 15.8 Å². The van der Waals surface area contributed by atoms with Gasteiger partial charge in [0.1, 0.15) is 5.70 Å². The van der Waals surface area contributed by atoms with Gasteiger partial charge in [-0.05, 0) is 19.1 Å².